The lowest BCUT2D eigenvalue weighted by Crippen LogP contribution is -2.55. The molecule has 0 spiro atoms. The van der Waals surface area contributed by atoms with Crippen LogP contribution in [0.3, 0.4) is 0 Å². The first kappa shape index (κ1) is 15.5. The number of aromatic nitrogens is 2. The van der Waals surface area contributed by atoms with Crippen molar-refractivity contribution in [3.05, 3.63) is 36.2 Å². The van der Waals surface area contributed by atoms with Crippen LogP contribution < -0.4 is 0 Å². The summed E-state index contributed by atoms with van der Waals surface area (Å²) in [5, 5.41) is 17.7. The van der Waals surface area contributed by atoms with Crippen LogP contribution in [0.15, 0.2) is 34.7 Å². The molecule has 3 rings (SSSR count). The second-order valence-corrected chi connectivity index (χ2v) is 6.96. The lowest BCUT2D eigenvalue weighted by atomic mass is 9.78. The summed E-state index contributed by atoms with van der Waals surface area (Å²) in [6.07, 6.45) is 0.566. The molecule has 0 unspecified atom stereocenters. The smallest absolute Gasteiger partial charge is 0.407 e. The molecule has 2 aromatic rings. The van der Waals surface area contributed by atoms with Gasteiger partial charge >= 0.3 is 6.09 Å². The van der Waals surface area contributed by atoms with Gasteiger partial charge in [-0.15, -0.1) is 10.2 Å². The van der Waals surface area contributed by atoms with Crippen molar-refractivity contribution in [2.75, 3.05) is 0 Å². The fourth-order valence-electron chi connectivity index (χ4n) is 3.09. The number of rotatable bonds is 3. The zero-order chi connectivity index (χ0) is 16.6. The van der Waals surface area contributed by atoms with Crippen LogP contribution in [-0.4, -0.2) is 37.9 Å². The van der Waals surface area contributed by atoms with Gasteiger partial charge in [0, 0.05) is 23.1 Å². The standard InChI is InChI=1S/C17H21N3O3/c1-17(2,3)20(16(21)22)13-9-12(10-13)15-19-18-14(23-15)11-7-5-4-6-8-11/h4-8,12-13H,9-10H2,1-3H3,(H,21,22). The average Bonchev–Trinajstić information content (AvgIpc) is 2.90. The summed E-state index contributed by atoms with van der Waals surface area (Å²) in [5.41, 5.74) is 0.481. The van der Waals surface area contributed by atoms with E-state index in [4.69, 9.17) is 4.42 Å². The zero-order valence-electron chi connectivity index (χ0n) is 13.6. The molecule has 1 aliphatic rings. The first-order chi connectivity index (χ1) is 10.9. The van der Waals surface area contributed by atoms with Gasteiger partial charge in [0.25, 0.3) is 0 Å². The van der Waals surface area contributed by atoms with Crippen LogP contribution >= 0.6 is 0 Å². The van der Waals surface area contributed by atoms with Gasteiger partial charge in [0.05, 0.1) is 0 Å². The quantitative estimate of drug-likeness (QED) is 0.933. The molecule has 23 heavy (non-hydrogen) atoms. The van der Waals surface area contributed by atoms with E-state index in [2.05, 4.69) is 10.2 Å². The maximum absolute atomic E-state index is 11.5. The molecule has 0 atom stereocenters. The normalized spacial score (nSPS) is 20.8. The molecule has 1 amide bonds. The third-order valence-corrected chi connectivity index (χ3v) is 4.22. The van der Waals surface area contributed by atoms with Gasteiger partial charge in [-0.05, 0) is 45.7 Å². The molecule has 6 nitrogen and oxygen atoms in total. The lowest BCUT2D eigenvalue weighted by Gasteiger charge is -2.46. The molecule has 1 saturated carbocycles. The zero-order valence-corrected chi connectivity index (χ0v) is 13.6. The molecule has 0 saturated heterocycles. The van der Waals surface area contributed by atoms with Gasteiger partial charge in [0.15, 0.2) is 0 Å². The van der Waals surface area contributed by atoms with E-state index in [0.717, 1.165) is 18.4 Å². The van der Waals surface area contributed by atoms with Gasteiger partial charge in [-0.2, -0.15) is 0 Å². The van der Waals surface area contributed by atoms with Crippen LogP contribution in [0.1, 0.15) is 45.4 Å². The largest absolute Gasteiger partial charge is 0.465 e. The maximum Gasteiger partial charge on any atom is 0.407 e. The molecule has 0 bridgehead atoms. The van der Waals surface area contributed by atoms with E-state index < -0.39 is 11.6 Å². The average molecular weight is 315 g/mol. The molecular weight excluding hydrogens is 294 g/mol. The number of amides is 1. The van der Waals surface area contributed by atoms with Crippen molar-refractivity contribution in [3.63, 3.8) is 0 Å². The van der Waals surface area contributed by atoms with Crippen molar-refractivity contribution >= 4 is 6.09 Å². The van der Waals surface area contributed by atoms with E-state index in [1.807, 2.05) is 51.1 Å². The van der Waals surface area contributed by atoms with Crippen molar-refractivity contribution in [1.29, 1.82) is 0 Å². The van der Waals surface area contributed by atoms with E-state index in [9.17, 15) is 9.90 Å². The molecular formula is C17H21N3O3. The Hall–Kier alpha value is -2.37. The minimum absolute atomic E-state index is 0.00424. The van der Waals surface area contributed by atoms with Gasteiger partial charge in [-0.3, -0.25) is 0 Å². The Balaban J connectivity index is 1.68. The summed E-state index contributed by atoms with van der Waals surface area (Å²) in [6, 6.07) is 9.63. The van der Waals surface area contributed by atoms with E-state index in [0.29, 0.717) is 11.8 Å². The van der Waals surface area contributed by atoms with E-state index in [1.165, 1.54) is 4.90 Å². The summed E-state index contributed by atoms with van der Waals surface area (Å²) in [5.74, 6) is 1.24. The van der Waals surface area contributed by atoms with Crippen LogP contribution in [0.25, 0.3) is 11.5 Å². The molecule has 122 valence electrons. The van der Waals surface area contributed by atoms with E-state index in [1.54, 1.807) is 0 Å². The van der Waals surface area contributed by atoms with Crippen LogP contribution in [0.5, 0.6) is 0 Å². The first-order valence-electron chi connectivity index (χ1n) is 7.77. The van der Waals surface area contributed by atoms with Gasteiger partial charge < -0.3 is 14.4 Å². The minimum Gasteiger partial charge on any atom is -0.465 e. The molecule has 1 fully saturated rings. The molecule has 1 N–H and O–H groups in total. The summed E-state index contributed by atoms with van der Waals surface area (Å²) in [7, 11) is 0. The van der Waals surface area contributed by atoms with Crippen LogP contribution in [-0.2, 0) is 0 Å². The second-order valence-electron chi connectivity index (χ2n) is 6.96. The molecule has 1 aromatic carbocycles. The number of nitrogens with zero attached hydrogens (tertiary/aromatic N) is 3. The van der Waals surface area contributed by atoms with Gasteiger partial charge in [-0.25, -0.2) is 4.79 Å². The van der Waals surface area contributed by atoms with Gasteiger partial charge in [-0.1, -0.05) is 18.2 Å². The highest BCUT2D eigenvalue weighted by molar-refractivity contribution is 5.66. The Bertz CT molecular complexity index is 685. The maximum atomic E-state index is 11.5. The number of carbonyl (C=O) groups is 1. The van der Waals surface area contributed by atoms with Gasteiger partial charge in [0.1, 0.15) is 0 Å². The summed E-state index contributed by atoms with van der Waals surface area (Å²) in [6.45, 7) is 5.73. The van der Waals surface area contributed by atoms with Crippen molar-refractivity contribution in [2.24, 2.45) is 0 Å². The van der Waals surface area contributed by atoms with Crippen molar-refractivity contribution in [3.8, 4) is 11.5 Å². The molecule has 1 aromatic heterocycles. The Morgan fingerprint density at radius 1 is 1.22 bits per heavy atom. The number of carboxylic acid groups (broad SMARTS) is 1. The van der Waals surface area contributed by atoms with Crippen LogP contribution in [0.2, 0.25) is 0 Å². The molecule has 0 aliphatic heterocycles. The van der Waals surface area contributed by atoms with Gasteiger partial charge in [0.2, 0.25) is 11.8 Å². The van der Waals surface area contributed by atoms with Crippen molar-refractivity contribution in [1.82, 2.24) is 15.1 Å². The van der Waals surface area contributed by atoms with E-state index >= 15 is 0 Å². The molecule has 6 heteroatoms. The summed E-state index contributed by atoms with van der Waals surface area (Å²) in [4.78, 5) is 13.0. The number of hydrogen-bond donors (Lipinski definition) is 1. The predicted molar refractivity (Wildman–Crippen MR) is 85.1 cm³/mol. The fourth-order valence-corrected chi connectivity index (χ4v) is 3.09. The Labute approximate surface area is 135 Å². The Kier molecular flexibility index (Phi) is 3.83. The van der Waals surface area contributed by atoms with Crippen molar-refractivity contribution in [2.45, 2.75) is 51.1 Å². The third kappa shape index (κ3) is 3.06. The van der Waals surface area contributed by atoms with E-state index in [-0.39, 0.29) is 12.0 Å². The highest BCUT2D eigenvalue weighted by atomic mass is 16.4. The monoisotopic (exact) mass is 315 g/mol. The Morgan fingerprint density at radius 2 is 1.87 bits per heavy atom. The molecule has 0 radical (unpaired) electrons. The predicted octanol–water partition coefficient (Wildman–Crippen LogP) is 3.76. The summed E-state index contributed by atoms with van der Waals surface area (Å²) >= 11 is 0. The van der Waals surface area contributed by atoms with Crippen LogP contribution in [0.4, 0.5) is 4.79 Å². The topological polar surface area (TPSA) is 79.5 Å². The molecule has 1 heterocycles. The lowest BCUT2D eigenvalue weighted by molar-refractivity contribution is 0.0298. The van der Waals surface area contributed by atoms with Crippen molar-refractivity contribution < 1.29 is 14.3 Å². The van der Waals surface area contributed by atoms with Crippen LogP contribution in [0, 0.1) is 0 Å². The first-order valence-corrected chi connectivity index (χ1v) is 7.77. The molecule has 1 aliphatic carbocycles. The third-order valence-electron chi connectivity index (χ3n) is 4.22. The minimum atomic E-state index is -0.878. The number of benzene rings is 1. The number of hydrogen-bond acceptors (Lipinski definition) is 4. The fraction of sp³-hybridized carbons (Fsp3) is 0.471. The summed E-state index contributed by atoms with van der Waals surface area (Å²) < 4.78 is 5.76. The highest BCUT2D eigenvalue weighted by Gasteiger charge is 2.43. The Morgan fingerprint density at radius 3 is 2.43 bits per heavy atom. The SMILES string of the molecule is CC(C)(C)N(C(=O)O)C1CC(c2nnc(-c3ccccc3)o2)C1. The highest BCUT2D eigenvalue weighted by Crippen LogP contribution is 2.42. The second kappa shape index (κ2) is 5.68.